The molecule has 0 heterocycles. The van der Waals surface area contributed by atoms with E-state index >= 15 is 0 Å². The van der Waals surface area contributed by atoms with E-state index in [4.69, 9.17) is 16.3 Å². The van der Waals surface area contributed by atoms with Gasteiger partial charge in [0.15, 0.2) is 0 Å². The fourth-order valence-corrected chi connectivity index (χ4v) is 5.30. The molecule has 162 valence electrons. The summed E-state index contributed by atoms with van der Waals surface area (Å²) in [6, 6.07) is 11.0. The molecule has 1 amide bonds. The predicted molar refractivity (Wildman–Crippen MR) is 119 cm³/mol. The number of sulfonamides is 1. The number of anilines is 1. The van der Waals surface area contributed by atoms with Gasteiger partial charge in [-0.1, -0.05) is 18.5 Å². The number of rotatable bonds is 6. The van der Waals surface area contributed by atoms with Gasteiger partial charge in [-0.05, 0) is 74.1 Å². The van der Waals surface area contributed by atoms with Gasteiger partial charge in [0.1, 0.15) is 10.6 Å². The first-order chi connectivity index (χ1) is 14.2. The molecule has 1 fully saturated rings. The first kappa shape index (κ1) is 22.4. The number of nitrogens with one attached hydrogen (secondary N) is 1. The minimum Gasteiger partial charge on any atom is -0.497 e. The Morgan fingerprint density at radius 2 is 1.73 bits per heavy atom. The molecule has 0 radical (unpaired) electrons. The molecule has 0 aliphatic heterocycles. The summed E-state index contributed by atoms with van der Waals surface area (Å²) >= 11 is 6.18. The number of benzene rings is 2. The number of carbonyl (C=O) groups excluding carboxylic acids is 1. The minimum atomic E-state index is -3.97. The SMILES string of the molecule is COc1ccc(NS(=O)(=O)c2cc(C(=O)N(C)C3CCC(C)CC3)ccc2Cl)cc1. The van der Waals surface area contributed by atoms with Crippen LogP contribution in [0.25, 0.3) is 0 Å². The van der Waals surface area contributed by atoms with Crippen molar-refractivity contribution >= 4 is 33.2 Å². The lowest BCUT2D eigenvalue weighted by Crippen LogP contribution is -2.39. The Labute approximate surface area is 183 Å². The summed E-state index contributed by atoms with van der Waals surface area (Å²) in [7, 11) is -0.658. The van der Waals surface area contributed by atoms with Crippen LogP contribution in [0.15, 0.2) is 47.4 Å². The van der Waals surface area contributed by atoms with Crippen molar-refractivity contribution in [3.05, 3.63) is 53.1 Å². The molecule has 6 nitrogen and oxygen atoms in total. The lowest BCUT2D eigenvalue weighted by molar-refractivity contribution is 0.0679. The highest BCUT2D eigenvalue weighted by atomic mass is 35.5. The van der Waals surface area contributed by atoms with Crippen molar-refractivity contribution in [2.45, 2.75) is 43.5 Å². The first-order valence-electron chi connectivity index (χ1n) is 9.95. The van der Waals surface area contributed by atoms with E-state index in [1.807, 2.05) is 0 Å². The van der Waals surface area contributed by atoms with E-state index in [0.717, 1.165) is 25.7 Å². The summed E-state index contributed by atoms with van der Waals surface area (Å²) in [5.74, 6) is 1.09. The summed E-state index contributed by atoms with van der Waals surface area (Å²) < 4.78 is 33.4. The Morgan fingerprint density at radius 3 is 2.33 bits per heavy atom. The van der Waals surface area contributed by atoms with Crippen LogP contribution in [0.4, 0.5) is 5.69 Å². The molecular formula is C22H27ClN2O4S. The van der Waals surface area contributed by atoms with E-state index in [1.165, 1.54) is 19.2 Å². The normalized spacial score (nSPS) is 19.2. The molecule has 0 spiro atoms. The largest absolute Gasteiger partial charge is 0.497 e. The maximum absolute atomic E-state index is 13.0. The Hall–Kier alpha value is -2.25. The predicted octanol–water partition coefficient (Wildman–Crippen LogP) is 4.80. The molecule has 2 aromatic rings. The molecule has 3 rings (SSSR count). The first-order valence-corrected chi connectivity index (χ1v) is 11.8. The van der Waals surface area contributed by atoms with E-state index < -0.39 is 10.0 Å². The summed E-state index contributed by atoms with van der Waals surface area (Å²) in [6.07, 6.45) is 4.10. The quantitative estimate of drug-likeness (QED) is 0.685. The van der Waals surface area contributed by atoms with Gasteiger partial charge in [0, 0.05) is 24.3 Å². The van der Waals surface area contributed by atoms with Crippen LogP contribution in [0.1, 0.15) is 43.0 Å². The Balaban J connectivity index is 1.82. The highest BCUT2D eigenvalue weighted by molar-refractivity contribution is 7.92. The van der Waals surface area contributed by atoms with Crippen molar-refractivity contribution in [2.24, 2.45) is 5.92 Å². The molecule has 1 aliphatic carbocycles. The van der Waals surface area contributed by atoms with E-state index in [2.05, 4.69) is 11.6 Å². The van der Waals surface area contributed by atoms with Crippen molar-refractivity contribution in [2.75, 3.05) is 18.9 Å². The molecule has 1 aliphatic rings. The summed E-state index contributed by atoms with van der Waals surface area (Å²) in [5, 5.41) is 0.0571. The van der Waals surface area contributed by atoms with E-state index in [-0.39, 0.29) is 21.9 Å². The zero-order valence-corrected chi connectivity index (χ0v) is 19.0. The summed E-state index contributed by atoms with van der Waals surface area (Å²) in [4.78, 5) is 14.6. The zero-order valence-electron chi connectivity index (χ0n) is 17.4. The van der Waals surface area contributed by atoms with Crippen LogP contribution in [0.3, 0.4) is 0 Å². The molecule has 0 saturated heterocycles. The van der Waals surface area contributed by atoms with Crippen LogP contribution < -0.4 is 9.46 Å². The highest BCUT2D eigenvalue weighted by Gasteiger charge is 2.27. The number of nitrogens with zero attached hydrogens (tertiary/aromatic N) is 1. The number of ether oxygens (including phenoxy) is 1. The number of halogens is 1. The summed E-state index contributed by atoms with van der Waals surface area (Å²) in [6.45, 7) is 2.23. The van der Waals surface area contributed by atoms with Gasteiger partial charge in [-0.2, -0.15) is 0 Å². The molecule has 0 atom stereocenters. The van der Waals surface area contributed by atoms with Crippen molar-refractivity contribution in [3.63, 3.8) is 0 Å². The van der Waals surface area contributed by atoms with Crippen LogP contribution in [-0.2, 0) is 10.0 Å². The van der Waals surface area contributed by atoms with Gasteiger partial charge in [0.2, 0.25) is 0 Å². The Morgan fingerprint density at radius 1 is 1.10 bits per heavy atom. The maximum atomic E-state index is 13.0. The van der Waals surface area contributed by atoms with Crippen LogP contribution in [0, 0.1) is 5.92 Å². The zero-order chi connectivity index (χ0) is 21.9. The standard InChI is InChI=1S/C22H27ClN2O4S/c1-15-4-9-18(10-5-15)25(2)22(26)16-6-13-20(23)21(14-16)30(27,28)24-17-7-11-19(29-3)12-8-17/h6-8,11-15,18,24H,4-5,9-10H2,1-3H3. The molecular weight excluding hydrogens is 424 g/mol. The van der Waals surface area contributed by atoms with Gasteiger partial charge in [-0.15, -0.1) is 0 Å². The lowest BCUT2D eigenvalue weighted by atomic mass is 9.86. The van der Waals surface area contributed by atoms with Gasteiger partial charge in [-0.25, -0.2) is 8.42 Å². The molecule has 2 aromatic carbocycles. The third-order valence-electron chi connectivity index (χ3n) is 5.66. The second kappa shape index (κ2) is 9.27. The van der Waals surface area contributed by atoms with E-state index in [1.54, 1.807) is 42.3 Å². The highest BCUT2D eigenvalue weighted by Crippen LogP contribution is 2.29. The molecule has 1 N–H and O–H groups in total. The van der Waals surface area contributed by atoms with Gasteiger partial charge in [0.25, 0.3) is 15.9 Å². The molecule has 30 heavy (non-hydrogen) atoms. The van der Waals surface area contributed by atoms with Crippen molar-refractivity contribution in [1.82, 2.24) is 4.90 Å². The van der Waals surface area contributed by atoms with E-state index in [0.29, 0.717) is 22.9 Å². The average molecular weight is 451 g/mol. The number of amides is 1. The number of hydrogen-bond acceptors (Lipinski definition) is 4. The molecule has 0 bridgehead atoms. The molecule has 8 heteroatoms. The smallest absolute Gasteiger partial charge is 0.263 e. The molecule has 1 saturated carbocycles. The van der Waals surface area contributed by atoms with Crippen LogP contribution >= 0.6 is 11.6 Å². The topological polar surface area (TPSA) is 75.7 Å². The summed E-state index contributed by atoms with van der Waals surface area (Å²) in [5.41, 5.74) is 0.674. The monoisotopic (exact) mass is 450 g/mol. The second-order valence-corrected chi connectivity index (χ2v) is 9.87. The van der Waals surface area contributed by atoms with Gasteiger partial charge in [0.05, 0.1) is 12.1 Å². The van der Waals surface area contributed by atoms with Gasteiger partial charge < -0.3 is 9.64 Å². The van der Waals surface area contributed by atoms with Crippen LogP contribution in [-0.4, -0.2) is 39.4 Å². The second-order valence-electron chi connectivity index (χ2n) is 7.81. The average Bonchev–Trinajstić information content (AvgIpc) is 2.74. The van der Waals surface area contributed by atoms with E-state index in [9.17, 15) is 13.2 Å². The third kappa shape index (κ3) is 5.08. The number of carbonyl (C=O) groups is 1. The third-order valence-corrected chi connectivity index (χ3v) is 7.53. The Kier molecular flexibility index (Phi) is 6.93. The number of hydrogen-bond donors (Lipinski definition) is 1. The van der Waals surface area contributed by atoms with Crippen molar-refractivity contribution in [3.8, 4) is 5.75 Å². The molecule has 0 aromatic heterocycles. The van der Waals surface area contributed by atoms with Crippen molar-refractivity contribution in [1.29, 1.82) is 0 Å². The van der Waals surface area contributed by atoms with Gasteiger partial charge in [-0.3, -0.25) is 9.52 Å². The molecule has 0 unspecified atom stereocenters. The maximum Gasteiger partial charge on any atom is 0.263 e. The van der Waals surface area contributed by atoms with Crippen molar-refractivity contribution < 1.29 is 17.9 Å². The van der Waals surface area contributed by atoms with Crippen LogP contribution in [0.2, 0.25) is 5.02 Å². The fourth-order valence-electron chi connectivity index (χ4n) is 3.71. The minimum absolute atomic E-state index is 0.0571. The van der Waals surface area contributed by atoms with Crippen LogP contribution in [0.5, 0.6) is 5.75 Å². The van der Waals surface area contributed by atoms with Gasteiger partial charge >= 0.3 is 0 Å². The lowest BCUT2D eigenvalue weighted by Gasteiger charge is -2.33. The Bertz CT molecular complexity index is 1000. The number of methoxy groups -OCH3 is 1. The fraction of sp³-hybridized carbons (Fsp3) is 0.409.